The summed E-state index contributed by atoms with van der Waals surface area (Å²) in [4.78, 5) is 1.50. The molecule has 10 aromatic carbocycles. The largest absolute Gasteiger partial charge is 0.310 e. The molecule has 1 spiro atoms. The Morgan fingerprint density at radius 1 is 0.381 bits per heavy atom. The molecule has 0 saturated heterocycles. The molecule has 3 aliphatic rings. The number of benzene rings is 10. The zero-order chi connectivity index (χ0) is 63.6. The van der Waals surface area contributed by atoms with Crippen molar-refractivity contribution < 1.29 is 34.3 Å². The Kier molecular flexibility index (Phi) is 4.06. The summed E-state index contributed by atoms with van der Waals surface area (Å²) in [7, 11) is 0. The van der Waals surface area contributed by atoms with Crippen molar-refractivity contribution in [2.45, 2.75) is 24.7 Å². The van der Waals surface area contributed by atoms with Gasteiger partial charge in [-0.05, 0) is 136 Å². The molecule has 0 heterocycles. The molecule has 0 aromatic heterocycles. The molecule has 1 nitrogen and oxygen atoms in total. The molecule has 63 heavy (non-hydrogen) atoms. The predicted octanol–water partition coefficient (Wildman–Crippen LogP) is 16.3. The van der Waals surface area contributed by atoms with Crippen LogP contribution in [0.1, 0.15) is 81.5 Å². The fraction of sp³-hybridized carbons (Fsp3) is 0.0645. The van der Waals surface area contributed by atoms with Crippen molar-refractivity contribution in [2.24, 2.45) is 0 Å². The quantitative estimate of drug-likeness (QED) is 0.167. The molecule has 0 unspecified atom stereocenters. The molecule has 13 rings (SSSR count). The lowest BCUT2D eigenvalue weighted by molar-refractivity contribution is 0.660. The molecule has 3 aliphatic carbocycles. The third-order valence-corrected chi connectivity index (χ3v) is 12.6. The van der Waals surface area contributed by atoms with Crippen molar-refractivity contribution in [3.63, 3.8) is 0 Å². The highest BCUT2D eigenvalue weighted by molar-refractivity contribution is 6.10. The van der Waals surface area contributed by atoms with E-state index in [-0.39, 0.29) is 5.69 Å². The van der Waals surface area contributed by atoms with Crippen LogP contribution in [0.2, 0.25) is 0 Å². The zero-order valence-electron chi connectivity index (χ0n) is 58.4. The summed E-state index contributed by atoms with van der Waals surface area (Å²) in [6, 6.07) is -1.42. The van der Waals surface area contributed by atoms with Gasteiger partial charge in [-0.25, -0.2) is 0 Å². The van der Waals surface area contributed by atoms with E-state index in [1.54, 1.807) is 36.4 Å². The van der Waals surface area contributed by atoms with Crippen LogP contribution in [0, 0.1) is 0 Å². The van der Waals surface area contributed by atoms with Crippen LogP contribution < -0.4 is 4.90 Å². The van der Waals surface area contributed by atoms with Crippen LogP contribution in [-0.2, 0) is 10.8 Å². The highest BCUT2D eigenvalue weighted by atomic mass is 15.1. The maximum Gasteiger partial charge on any atom is 0.0725 e. The summed E-state index contributed by atoms with van der Waals surface area (Å²) in [5.41, 5.74) is -7.58. The molecule has 296 valence electrons. The van der Waals surface area contributed by atoms with Gasteiger partial charge in [-0.15, -0.1) is 0 Å². The van der Waals surface area contributed by atoms with E-state index < -0.39 is 239 Å². The first kappa shape index (κ1) is 19.1. The number of hydrogen-bond acceptors (Lipinski definition) is 1. The predicted molar refractivity (Wildman–Crippen MR) is 263 cm³/mol. The minimum atomic E-state index is -2.88. The van der Waals surface area contributed by atoms with Crippen LogP contribution in [0.5, 0.6) is 0 Å². The van der Waals surface area contributed by atoms with Crippen LogP contribution in [0.4, 0.5) is 17.1 Å². The van der Waals surface area contributed by atoms with Crippen molar-refractivity contribution >= 4 is 27.8 Å². The van der Waals surface area contributed by atoms with E-state index in [0.717, 1.165) is 22.3 Å². The maximum absolute atomic E-state index is 10.5. The smallest absolute Gasteiger partial charge is 0.0725 e. The van der Waals surface area contributed by atoms with Gasteiger partial charge >= 0.3 is 0 Å². The fourth-order valence-corrected chi connectivity index (χ4v) is 9.95. The molecule has 1 heteroatoms. The van der Waals surface area contributed by atoms with E-state index >= 15 is 0 Å². The van der Waals surface area contributed by atoms with E-state index in [0.29, 0.717) is 11.4 Å². The third kappa shape index (κ3) is 4.94. The minimum absolute atomic E-state index is 0.334. The van der Waals surface area contributed by atoms with E-state index in [1.165, 1.54) is 4.90 Å². The van der Waals surface area contributed by atoms with Gasteiger partial charge in [0.15, 0.2) is 0 Å². The summed E-state index contributed by atoms with van der Waals surface area (Å²) in [5, 5.41) is -1.40. The summed E-state index contributed by atoms with van der Waals surface area (Å²) in [6.07, 6.45) is 0. The summed E-state index contributed by atoms with van der Waals surface area (Å²) in [6.45, 7) is 4.08. The Hall–Kier alpha value is -7.74. The van der Waals surface area contributed by atoms with Crippen molar-refractivity contribution in [1.82, 2.24) is 0 Å². The van der Waals surface area contributed by atoms with Gasteiger partial charge in [-0.1, -0.05) is 201 Å². The van der Waals surface area contributed by atoms with Crippen LogP contribution in [0.3, 0.4) is 0 Å². The normalized spacial score (nSPS) is 19.7. The Balaban J connectivity index is 1.27. The summed E-state index contributed by atoms with van der Waals surface area (Å²) >= 11 is 0. The molecular weight excluding hydrogens is 759 g/mol. The summed E-state index contributed by atoms with van der Waals surface area (Å²) in [5.74, 6) is 0. The molecule has 0 saturated carbocycles. The first-order valence-electron chi connectivity index (χ1n) is 32.6. The standard InChI is InChI=1S/C62H43N/c1-61(2)53-29-12-8-24-47(53)50-37-35-44(39-58(50)61)63(42-20-4-3-5-21-42)43-22-16-19-41(38-43)46-36-34-40-18-6-7-23-45(40)59(46)52-28-17-33-57-60(52)51-27-11-15-32-56(51)62(57)54-30-13-9-25-48(54)49-26-10-14-31-55(49)62/h3-39H,1-2H3/i6D,7D,9D,10D,11D,13D,14D,15D,16D,17D,18D,19D,22D,23D,25D,26D,27D,28D,30D,31D,32D,33D,34D,36D,38D. The monoisotopic (exact) mass is 826 g/mol. The molecule has 0 N–H and O–H groups in total. The lowest BCUT2D eigenvalue weighted by atomic mass is 9.70. The Morgan fingerprint density at radius 2 is 1.00 bits per heavy atom. The lowest BCUT2D eigenvalue weighted by Crippen LogP contribution is -2.25. The van der Waals surface area contributed by atoms with Gasteiger partial charge in [0.05, 0.1) is 39.7 Å². The van der Waals surface area contributed by atoms with Gasteiger partial charge in [0, 0.05) is 22.5 Å². The number of para-hydroxylation sites is 1. The molecule has 0 fully saturated rings. The van der Waals surface area contributed by atoms with Gasteiger partial charge in [0.2, 0.25) is 0 Å². The molecule has 0 amide bonds. The number of fused-ring (bicyclic) bond motifs is 14. The number of rotatable bonds is 5. The lowest BCUT2D eigenvalue weighted by Gasteiger charge is -2.30. The average molecular weight is 827 g/mol. The first-order valence-corrected chi connectivity index (χ1v) is 20.1. The molecule has 0 atom stereocenters. The molecule has 0 bridgehead atoms. The van der Waals surface area contributed by atoms with E-state index in [9.17, 15) is 26.0 Å². The highest BCUT2D eigenvalue weighted by Gasteiger charge is 2.52. The number of nitrogens with zero attached hydrogens (tertiary/aromatic N) is 1. The van der Waals surface area contributed by atoms with Gasteiger partial charge in [-0.3, -0.25) is 0 Å². The fourth-order valence-electron chi connectivity index (χ4n) is 9.95. The van der Waals surface area contributed by atoms with Crippen molar-refractivity contribution in [2.75, 3.05) is 4.90 Å². The minimum Gasteiger partial charge on any atom is -0.310 e. The molecular formula is C62H43N. The third-order valence-electron chi connectivity index (χ3n) is 12.6. The van der Waals surface area contributed by atoms with Gasteiger partial charge < -0.3 is 4.90 Å². The van der Waals surface area contributed by atoms with E-state index in [4.69, 9.17) is 8.22 Å². The van der Waals surface area contributed by atoms with Crippen molar-refractivity contribution in [1.29, 1.82) is 0 Å². The number of anilines is 3. The van der Waals surface area contributed by atoms with Crippen LogP contribution in [0.15, 0.2) is 224 Å². The number of hydrogen-bond donors (Lipinski definition) is 0. The second-order valence-electron chi connectivity index (χ2n) is 16.0. The van der Waals surface area contributed by atoms with Crippen molar-refractivity contribution in [3.8, 4) is 55.6 Å². The first-order chi connectivity index (χ1) is 41.4. The molecule has 0 radical (unpaired) electrons. The SMILES string of the molecule is [2H]c1c([2H])c([2H])c2c(c1[2H])-c1c([2H])c([2H])c([2H])c([2H])c1C21c2c([2H])c([2H])c([2H])c([2H])c2-c2c(-c3c(-c4c([2H])c([2H])c([2H])c(N(c5ccccc5)c5ccc6c(c5)C(C)(C)c5ccccc5-6)c4[2H])c([2H])c([2H])c4c([2H])c([2H])c([2H])c([2H])c34)c([2H])c([2H])c([2H])c21. The maximum atomic E-state index is 10.5. The topological polar surface area (TPSA) is 3.24 Å². The zero-order valence-corrected chi connectivity index (χ0v) is 33.4. The van der Waals surface area contributed by atoms with Crippen molar-refractivity contribution in [3.05, 3.63) is 257 Å². The van der Waals surface area contributed by atoms with Crippen LogP contribution in [-0.4, -0.2) is 0 Å². The summed E-state index contributed by atoms with van der Waals surface area (Å²) < 4.78 is 239. The molecule has 10 aromatic rings. The van der Waals surface area contributed by atoms with Gasteiger partial charge in [-0.2, -0.15) is 0 Å². The molecule has 0 aliphatic heterocycles. The van der Waals surface area contributed by atoms with Gasteiger partial charge in [0.1, 0.15) is 0 Å². The Morgan fingerprint density at radius 3 is 1.79 bits per heavy atom. The highest BCUT2D eigenvalue weighted by Crippen LogP contribution is 2.64. The van der Waals surface area contributed by atoms with Crippen LogP contribution >= 0.6 is 0 Å². The van der Waals surface area contributed by atoms with E-state index in [1.807, 2.05) is 50.2 Å². The second-order valence-corrected chi connectivity index (χ2v) is 16.0. The van der Waals surface area contributed by atoms with Crippen LogP contribution in [0.25, 0.3) is 66.4 Å². The van der Waals surface area contributed by atoms with E-state index in [2.05, 4.69) is 0 Å². The van der Waals surface area contributed by atoms with Gasteiger partial charge in [0.25, 0.3) is 0 Å². The Bertz CT molecular complexity index is 4890. The Labute approximate surface area is 404 Å². The second kappa shape index (κ2) is 13.4. The average Bonchev–Trinajstić information content (AvgIpc) is 1.46.